The molecule has 0 spiro atoms. The molecule has 2 unspecified atom stereocenters. The van der Waals surface area contributed by atoms with Crippen LogP contribution in [-0.4, -0.2) is 0 Å². The van der Waals surface area contributed by atoms with E-state index in [1.165, 1.54) is 50.2 Å². The predicted molar refractivity (Wildman–Crippen MR) is 109 cm³/mol. The predicted octanol–water partition coefficient (Wildman–Crippen LogP) is 7.83. The Morgan fingerprint density at radius 3 is 2.15 bits per heavy atom. The van der Waals surface area contributed by atoms with E-state index in [0.717, 1.165) is 17.4 Å². The van der Waals surface area contributed by atoms with Crippen LogP contribution in [0.4, 0.5) is 8.78 Å². The van der Waals surface area contributed by atoms with E-state index in [1.807, 2.05) is 6.92 Å². The summed E-state index contributed by atoms with van der Waals surface area (Å²) in [4.78, 5) is 0. The molecule has 0 aliphatic heterocycles. The summed E-state index contributed by atoms with van der Waals surface area (Å²) < 4.78 is 27.6. The third-order valence-electron chi connectivity index (χ3n) is 6.71. The fourth-order valence-corrected chi connectivity index (χ4v) is 4.78. The van der Waals surface area contributed by atoms with Crippen LogP contribution in [0.5, 0.6) is 0 Å². The minimum atomic E-state index is -0.775. The molecule has 0 bridgehead atoms. The van der Waals surface area contributed by atoms with Gasteiger partial charge in [0.1, 0.15) is 0 Å². The normalized spacial score (nSPS) is 22.4. The first-order valence-electron chi connectivity index (χ1n) is 10.5. The van der Waals surface area contributed by atoms with E-state index < -0.39 is 11.6 Å². The molecular weight excluding hydrogens is 338 g/mol. The zero-order valence-electron chi connectivity index (χ0n) is 16.8. The van der Waals surface area contributed by atoms with Gasteiger partial charge in [-0.05, 0) is 53.4 Å². The summed E-state index contributed by atoms with van der Waals surface area (Å²) in [5.74, 6) is 0.594. The molecular formula is C25H32F2. The van der Waals surface area contributed by atoms with Crippen LogP contribution in [0, 0.1) is 23.5 Å². The molecule has 0 nitrogen and oxygen atoms in total. The lowest BCUT2D eigenvalue weighted by molar-refractivity contribution is 0.239. The highest BCUT2D eigenvalue weighted by atomic mass is 19.2. The van der Waals surface area contributed by atoms with Crippen LogP contribution < -0.4 is 0 Å². The van der Waals surface area contributed by atoms with E-state index in [2.05, 4.69) is 38.1 Å². The van der Waals surface area contributed by atoms with Crippen molar-refractivity contribution in [3.8, 4) is 0 Å². The van der Waals surface area contributed by atoms with Gasteiger partial charge in [-0.3, -0.25) is 0 Å². The van der Waals surface area contributed by atoms with E-state index in [9.17, 15) is 8.78 Å². The second-order valence-corrected chi connectivity index (χ2v) is 8.39. The van der Waals surface area contributed by atoms with E-state index in [1.54, 1.807) is 12.1 Å². The van der Waals surface area contributed by atoms with Crippen molar-refractivity contribution in [1.82, 2.24) is 0 Å². The van der Waals surface area contributed by atoms with Crippen molar-refractivity contribution >= 4 is 0 Å². The number of hydrogen-bond acceptors (Lipinski definition) is 0. The summed E-state index contributed by atoms with van der Waals surface area (Å²) in [6, 6.07) is 13.0. The maximum Gasteiger partial charge on any atom is 0.162 e. The van der Waals surface area contributed by atoms with Crippen LogP contribution in [0.15, 0.2) is 42.5 Å². The van der Waals surface area contributed by atoms with Crippen molar-refractivity contribution in [2.75, 3.05) is 0 Å². The highest BCUT2D eigenvalue weighted by Gasteiger charge is 2.26. The van der Waals surface area contributed by atoms with Crippen molar-refractivity contribution in [2.45, 2.75) is 71.1 Å². The highest BCUT2D eigenvalue weighted by molar-refractivity contribution is 5.35. The van der Waals surface area contributed by atoms with E-state index in [-0.39, 0.29) is 5.92 Å². The van der Waals surface area contributed by atoms with Crippen LogP contribution in [0.1, 0.15) is 87.8 Å². The van der Waals surface area contributed by atoms with E-state index in [4.69, 9.17) is 0 Å². The summed E-state index contributed by atoms with van der Waals surface area (Å²) in [7, 11) is 0. The zero-order valence-corrected chi connectivity index (χ0v) is 16.8. The molecule has 146 valence electrons. The molecule has 1 aliphatic carbocycles. The smallest absolute Gasteiger partial charge is 0.162 e. The first-order valence-corrected chi connectivity index (χ1v) is 10.5. The molecule has 0 N–H and O–H groups in total. The van der Waals surface area contributed by atoms with Gasteiger partial charge in [-0.25, -0.2) is 8.78 Å². The Bertz CT molecular complexity index is 726. The minimum absolute atomic E-state index is 0.158. The van der Waals surface area contributed by atoms with Gasteiger partial charge in [0.05, 0.1) is 0 Å². The fourth-order valence-electron chi connectivity index (χ4n) is 4.78. The molecule has 0 aromatic heterocycles. The average Bonchev–Trinajstić information content (AvgIpc) is 2.70. The van der Waals surface area contributed by atoms with Gasteiger partial charge in [0.2, 0.25) is 0 Å². The van der Waals surface area contributed by atoms with Crippen LogP contribution in [0.2, 0.25) is 0 Å². The molecule has 1 saturated carbocycles. The van der Waals surface area contributed by atoms with Crippen LogP contribution >= 0.6 is 0 Å². The van der Waals surface area contributed by atoms with Gasteiger partial charge in [0.25, 0.3) is 0 Å². The summed E-state index contributed by atoms with van der Waals surface area (Å²) in [5, 5.41) is 0. The third-order valence-corrected chi connectivity index (χ3v) is 6.71. The number of benzene rings is 2. The molecule has 27 heavy (non-hydrogen) atoms. The lowest BCUT2D eigenvalue weighted by Gasteiger charge is -2.32. The Morgan fingerprint density at radius 2 is 1.52 bits per heavy atom. The number of rotatable bonds is 6. The second-order valence-electron chi connectivity index (χ2n) is 8.39. The highest BCUT2D eigenvalue weighted by Crippen LogP contribution is 2.39. The van der Waals surface area contributed by atoms with Gasteiger partial charge in [-0.1, -0.05) is 82.9 Å². The summed E-state index contributed by atoms with van der Waals surface area (Å²) in [5.41, 5.74) is 2.82. The average molecular weight is 371 g/mol. The zero-order chi connectivity index (χ0) is 19.4. The molecule has 2 aromatic carbocycles. The minimum Gasteiger partial charge on any atom is -0.204 e. The maximum atomic E-state index is 14.1. The van der Waals surface area contributed by atoms with E-state index in [0.29, 0.717) is 11.5 Å². The summed E-state index contributed by atoms with van der Waals surface area (Å²) >= 11 is 0. The van der Waals surface area contributed by atoms with Gasteiger partial charge in [0.15, 0.2) is 11.6 Å². The Morgan fingerprint density at radius 1 is 0.889 bits per heavy atom. The van der Waals surface area contributed by atoms with Crippen molar-refractivity contribution in [2.24, 2.45) is 11.8 Å². The molecule has 2 atom stereocenters. The fraction of sp³-hybridized carbons (Fsp3) is 0.520. The first-order chi connectivity index (χ1) is 13.0. The molecule has 0 saturated heterocycles. The SMILES string of the molecule is CCCC1CCC(C(C)c2ccc(C(C)c3cccc(F)c3F)cc2)CC1. The van der Waals surface area contributed by atoms with Gasteiger partial charge >= 0.3 is 0 Å². The lowest BCUT2D eigenvalue weighted by atomic mass is 9.73. The van der Waals surface area contributed by atoms with Gasteiger partial charge in [0, 0.05) is 5.92 Å². The monoisotopic (exact) mass is 370 g/mol. The Kier molecular flexibility index (Phi) is 6.68. The topological polar surface area (TPSA) is 0 Å². The van der Waals surface area contributed by atoms with Crippen molar-refractivity contribution in [3.05, 3.63) is 70.8 Å². The standard InChI is InChI=1S/C25H32F2/c1-4-6-19-9-11-20(12-10-19)17(2)21-13-15-22(16-14-21)18(3)23-7-5-8-24(26)25(23)27/h5,7-8,13-20H,4,6,9-12H2,1-3H3. The second kappa shape index (κ2) is 8.99. The molecule has 0 heterocycles. The van der Waals surface area contributed by atoms with Gasteiger partial charge < -0.3 is 0 Å². The molecule has 0 radical (unpaired) electrons. The molecule has 1 fully saturated rings. The molecule has 0 amide bonds. The van der Waals surface area contributed by atoms with Crippen LogP contribution in [0.25, 0.3) is 0 Å². The third kappa shape index (κ3) is 4.59. The lowest BCUT2D eigenvalue weighted by Crippen LogP contribution is -2.19. The first kappa shape index (κ1) is 20.0. The van der Waals surface area contributed by atoms with Gasteiger partial charge in [-0.2, -0.15) is 0 Å². The molecule has 3 rings (SSSR count). The van der Waals surface area contributed by atoms with Crippen LogP contribution in [0.3, 0.4) is 0 Å². The van der Waals surface area contributed by atoms with E-state index >= 15 is 0 Å². The molecule has 1 aliphatic rings. The van der Waals surface area contributed by atoms with Crippen molar-refractivity contribution < 1.29 is 8.78 Å². The number of hydrogen-bond donors (Lipinski definition) is 0. The largest absolute Gasteiger partial charge is 0.204 e. The Labute approximate surface area is 163 Å². The Balaban J connectivity index is 1.67. The van der Waals surface area contributed by atoms with Crippen LogP contribution in [-0.2, 0) is 0 Å². The Hall–Kier alpha value is -1.70. The van der Waals surface area contributed by atoms with Gasteiger partial charge in [-0.15, -0.1) is 0 Å². The molecule has 2 aromatic rings. The van der Waals surface area contributed by atoms with Crippen molar-refractivity contribution in [3.63, 3.8) is 0 Å². The molecule has 2 heteroatoms. The summed E-state index contributed by atoms with van der Waals surface area (Å²) in [6.07, 6.45) is 8.09. The van der Waals surface area contributed by atoms with Crippen molar-refractivity contribution in [1.29, 1.82) is 0 Å². The number of halogens is 2. The quantitative estimate of drug-likeness (QED) is 0.486. The summed E-state index contributed by atoms with van der Waals surface area (Å²) in [6.45, 7) is 6.56. The maximum absolute atomic E-state index is 14.1.